The Kier molecular flexibility index (Phi) is 4.86. The third kappa shape index (κ3) is 3.61. The molecule has 82 valence electrons. The van der Waals surface area contributed by atoms with Crippen molar-refractivity contribution in [3.63, 3.8) is 0 Å². The van der Waals surface area contributed by atoms with E-state index in [0.717, 1.165) is 19.4 Å². The first-order valence-corrected chi connectivity index (χ1v) is 4.88. The highest BCUT2D eigenvalue weighted by atomic mass is 16.6. The topological polar surface area (TPSA) is 81.8 Å². The number of hydrogen-bond donors (Lipinski definition) is 2. The highest BCUT2D eigenvalue weighted by molar-refractivity contribution is 5.75. The van der Waals surface area contributed by atoms with Gasteiger partial charge in [0.1, 0.15) is 12.6 Å². The van der Waals surface area contributed by atoms with Gasteiger partial charge in [-0.15, -0.1) is 0 Å². The zero-order valence-corrected chi connectivity index (χ0v) is 8.15. The van der Waals surface area contributed by atoms with E-state index >= 15 is 0 Å². The largest absolute Gasteiger partial charge is 0.462 e. The minimum Gasteiger partial charge on any atom is -0.462 e. The Balaban J connectivity index is 2.13. The molecule has 14 heavy (non-hydrogen) atoms. The van der Waals surface area contributed by atoms with Crippen LogP contribution in [0, 0.1) is 0 Å². The van der Waals surface area contributed by atoms with Gasteiger partial charge in [-0.3, -0.25) is 4.79 Å². The van der Waals surface area contributed by atoms with Gasteiger partial charge < -0.3 is 20.3 Å². The smallest absolute Gasteiger partial charge is 0.323 e. The third-order valence-electron chi connectivity index (χ3n) is 2.18. The van der Waals surface area contributed by atoms with Crippen LogP contribution in [0.15, 0.2) is 0 Å². The molecule has 0 bridgehead atoms. The predicted octanol–water partition coefficient (Wildman–Crippen LogP) is -0.582. The summed E-state index contributed by atoms with van der Waals surface area (Å²) in [6.45, 7) is 0.916. The summed E-state index contributed by atoms with van der Waals surface area (Å²) >= 11 is 0. The third-order valence-corrected chi connectivity index (χ3v) is 2.18. The quantitative estimate of drug-likeness (QED) is 0.584. The number of esters is 1. The lowest BCUT2D eigenvalue weighted by atomic mass is 10.2. The fraction of sp³-hybridized carbons (Fsp3) is 0.889. The predicted molar refractivity (Wildman–Crippen MR) is 49.6 cm³/mol. The summed E-state index contributed by atoms with van der Waals surface area (Å²) in [4.78, 5) is 11.2. The molecule has 1 unspecified atom stereocenters. The normalized spacial score (nSPS) is 23.4. The first kappa shape index (κ1) is 11.4. The van der Waals surface area contributed by atoms with Crippen molar-refractivity contribution in [2.75, 3.05) is 19.8 Å². The molecule has 1 aliphatic heterocycles. The molecule has 1 aliphatic rings. The fourth-order valence-electron chi connectivity index (χ4n) is 1.31. The van der Waals surface area contributed by atoms with E-state index in [4.69, 9.17) is 20.3 Å². The lowest BCUT2D eigenvalue weighted by Gasteiger charge is -2.13. The zero-order chi connectivity index (χ0) is 10.4. The van der Waals surface area contributed by atoms with Crippen molar-refractivity contribution in [1.29, 1.82) is 0 Å². The monoisotopic (exact) mass is 203 g/mol. The van der Waals surface area contributed by atoms with Crippen molar-refractivity contribution in [3.05, 3.63) is 0 Å². The van der Waals surface area contributed by atoms with Crippen molar-refractivity contribution < 1.29 is 19.4 Å². The number of aliphatic hydroxyl groups is 1. The van der Waals surface area contributed by atoms with Gasteiger partial charge in [-0.05, 0) is 19.3 Å². The van der Waals surface area contributed by atoms with Gasteiger partial charge in [0.2, 0.25) is 0 Å². The number of aliphatic hydroxyl groups excluding tert-OH is 1. The zero-order valence-electron chi connectivity index (χ0n) is 8.15. The van der Waals surface area contributed by atoms with Gasteiger partial charge in [0.05, 0.1) is 6.10 Å². The highest BCUT2D eigenvalue weighted by Gasteiger charge is 2.20. The molecule has 0 aromatic carbocycles. The van der Waals surface area contributed by atoms with Crippen LogP contribution in [0.4, 0.5) is 0 Å². The van der Waals surface area contributed by atoms with Gasteiger partial charge >= 0.3 is 5.97 Å². The summed E-state index contributed by atoms with van der Waals surface area (Å²) in [6, 6.07) is -0.721. The lowest BCUT2D eigenvalue weighted by Crippen LogP contribution is -2.34. The fourth-order valence-corrected chi connectivity index (χ4v) is 1.31. The Morgan fingerprint density at radius 3 is 3.07 bits per heavy atom. The number of hydrogen-bond acceptors (Lipinski definition) is 5. The summed E-state index contributed by atoms with van der Waals surface area (Å²) < 4.78 is 10.2. The first-order chi connectivity index (χ1) is 6.74. The second-order valence-electron chi connectivity index (χ2n) is 3.38. The van der Waals surface area contributed by atoms with Crippen molar-refractivity contribution in [1.82, 2.24) is 0 Å². The summed E-state index contributed by atoms with van der Waals surface area (Å²) in [5, 5.41) is 8.55. The maximum Gasteiger partial charge on any atom is 0.323 e. The lowest BCUT2D eigenvalue weighted by molar-refractivity contribution is -0.148. The van der Waals surface area contributed by atoms with Crippen molar-refractivity contribution in [2.45, 2.75) is 31.4 Å². The van der Waals surface area contributed by atoms with Crippen LogP contribution in [-0.4, -0.2) is 43.0 Å². The summed E-state index contributed by atoms with van der Waals surface area (Å²) in [5.41, 5.74) is 5.44. The van der Waals surface area contributed by atoms with Crippen LogP contribution < -0.4 is 5.73 Å². The Hall–Kier alpha value is -0.650. The molecule has 0 amide bonds. The van der Waals surface area contributed by atoms with Gasteiger partial charge in [-0.1, -0.05) is 0 Å². The van der Waals surface area contributed by atoms with E-state index in [1.807, 2.05) is 0 Å². The number of carbonyl (C=O) groups is 1. The summed E-state index contributed by atoms with van der Waals surface area (Å²) in [7, 11) is 0. The number of ether oxygens (including phenoxy) is 2. The molecule has 0 aliphatic carbocycles. The molecule has 5 nitrogen and oxygen atoms in total. The number of rotatable bonds is 5. The van der Waals surface area contributed by atoms with Crippen molar-refractivity contribution in [3.8, 4) is 0 Å². The van der Waals surface area contributed by atoms with Crippen LogP contribution in [0.1, 0.15) is 19.3 Å². The molecular weight excluding hydrogens is 186 g/mol. The van der Waals surface area contributed by atoms with Crippen LogP contribution in [0.5, 0.6) is 0 Å². The van der Waals surface area contributed by atoms with E-state index in [1.165, 1.54) is 0 Å². The van der Waals surface area contributed by atoms with E-state index in [0.29, 0.717) is 0 Å². The van der Waals surface area contributed by atoms with Gasteiger partial charge in [0.25, 0.3) is 0 Å². The molecule has 0 radical (unpaired) electrons. The molecule has 1 fully saturated rings. The van der Waals surface area contributed by atoms with Crippen molar-refractivity contribution in [2.24, 2.45) is 5.73 Å². The molecule has 1 heterocycles. The molecule has 3 N–H and O–H groups in total. The van der Waals surface area contributed by atoms with Crippen LogP contribution in [-0.2, 0) is 14.3 Å². The van der Waals surface area contributed by atoms with Crippen LogP contribution in [0.2, 0.25) is 0 Å². The molecular formula is C9H17NO4. The van der Waals surface area contributed by atoms with Gasteiger partial charge in [-0.25, -0.2) is 0 Å². The average molecular weight is 203 g/mol. The SMILES string of the molecule is N[C@H](CCO)C(=O)OCC1CCCO1. The Morgan fingerprint density at radius 1 is 1.71 bits per heavy atom. The number of carbonyl (C=O) groups excluding carboxylic acids is 1. The summed E-state index contributed by atoms with van der Waals surface area (Å²) in [6.07, 6.45) is 2.22. The maximum absolute atomic E-state index is 11.2. The van der Waals surface area contributed by atoms with Crippen LogP contribution in [0.25, 0.3) is 0 Å². The second kappa shape index (κ2) is 5.95. The summed E-state index contributed by atoms with van der Waals surface area (Å²) in [5.74, 6) is -0.463. The molecule has 0 aromatic heterocycles. The Morgan fingerprint density at radius 2 is 2.50 bits per heavy atom. The highest BCUT2D eigenvalue weighted by Crippen LogP contribution is 2.12. The standard InChI is InChI=1S/C9H17NO4/c10-8(3-4-11)9(12)14-6-7-2-1-5-13-7/h7-8,11H,1-6,10H2/t7?,8-/m1/s1. The van der Waals surface area contributed by atoms with E-state index < -0.39 is 12.0 Å². The minimum atomic E-state index is -0.721. The number of nitrogens with two attached hydrogens (primary N) is 1. The van der Waals surface area contributed by atoms with Crippen LogP contribution in [0.3, 0.4) is 0 Å². The van der Waals surface area contributed by atoms with Gasteiger partial charge in [-0.2, -0.15) is 0 Å². The van der Waals surface area contributed by atoms with E-state index in [-0.39, 0.29) is 25.7 Å². The molecule has 1 rings (SSSR count). The van der Waals surface area contributed by atoms with Gasteiger partial charge in [0.15, 0.2) is 0 Å². The molecule has 0 saturated carbocycles. The Bertz CT molecular complexity index is 180. The minimum absolute atomic E-state index is 0.0280. The molecule has 0 spiro atoms. The molecule has 1 saturated heterocycles. The second-order valence-corrected chi connectivity index (χ2v) is 3.38. The first-order valence-electron chi connectivity index (χ1n) is 4.88. The van der Waals surface area contributed by atoms with E-state index in [1.54, 1.807) is 0 Å². The Labute approximate surface area is 83.2 Å². The van der Waals surface area contributed by atoms with Crippen molar-refractivity contribution >= 4 is 5.97 Å². The van der Waals surface area contributed by atoms with E-state index in [9.17, 15) is 4.79 Å². The molecule has 5 heteroatoms. The van der Waals surface area contributed by atoms with Gasteiger partial charge in [0, 0.05) is 13.2 Å². The van der Waals surface area contributed by atoms with Crippen LogP contribution >= 0.6 is 0 Å². The average Bonchev–Trinajstić information content (AvgIpc) is 2.67. The molecule has 0 aromatic rings. The van der Waals surface area contributed by atoms with E-state index in [2.05, 4.69) is 0 Å². The molecule has 2 atom stereocenters. The maximum atomic E-state index is 11.2.